The smallest absolute Gasteiger partial charge is 0.358 e. The predicted molar refractivity (Wildman–Crippen MR) is 255 cm³/mol. The standard InChI is InChI=1S/C18H15P.2C17H14P.CO.CH3.Rh.Zr/c1-4-10-16(11-5-1)19(17-12-6-2-7-13-17)18-14-8-3-9-15-18;2*1-3-9-15(10-4-1)18(17-13-7-8-14-17)16-11-5-2-6-12-16;1-2;;;/h1-15H;2*1-14H;;1H3;;/q;;;;-1;;+3. The fraction of sp³-hybridized carbons (Fsp3) is 0. The van der Waals surface area contributed by atoms with Crippen molar-refractivity contribution in [2.75, 3.05) is 0 Å². The summed E-state index contributed by atoms with van der Waals surface area (Å²) in [6.45, 7) is 4.50. The second-order valence-electron chi connectivity index (χ2n) is 12.6. The molecule has 0 spiro atoms. The molecule has 2 saturated carbocycles. The molecular formula is C54H46OP3RhZr+2. The SMILES string of the molecule is [C-]#[O+].[CH3-].[CH]1[CH][CH][C](P(c2ccccc2)c2ccccc2)[CH]1.[CH]1[CH][CH][C](P(c2ccccc2)c2ccccc2)[CH]1.[Rh].[Zr+3].c1ccc(P(c2ccccc2)c2ccccc2)cc1. The molecule has 0 bridgehead atoms. The van der Waals surface area contributed by atoms with Crippen LogP contribution in [0, 0.1) is 76.8 Å². The molecule has 2 fully saturated rings. The van der Waals surface area contributed by atoms with Gasteiger partial charge < -0.3 is 7.43 Å². The van der Waals surface area contributed by atoms with Crippen LogP contribution in [0.1, 0.15) is 0 Å². The molecule has 2 aliphatic rings. The van der Waals surface area contributed by atoms with E-state index in [-0.39, 0.29) is 53.1 Å². The van der Waals surface area contributed by atoms with E-state index in [1.165, 1.54) is 48.4 Å². The van der Waals surface area contributed by atoms with Gasteiger partial charge in [0.1, 0.15) is 0 Å². The maximum Gasteiger partial charge on any atom is 3.00 e. The normalized spacial score (nSPS) is 13.2. The second-order valence-corrected chi connectivity index (χ2v) is 19.3. The van der Waals surface area contributed by atoms with Crippen LogP contribution in [0.25, 0.3) is 0 Å². The quantitative estimate of drug-likeness (QED) is 0.0595. The van der Waals surface area contributed by atoms with Crippen molar-refractivity contribution in [1.29, 1.82) is 0 Å². The van der Waals surface area contributed by atoms with Crippen LogP contribution in [-0.2, 0) is 50.3 Å². The van der Waals surface area contributed by atoms with Crippen LogP contribution in [0.4, 0.5) is 0 Å². The molecule has 60 heavy (non-hydrogen) atoms. The van der Waals surface area contributed by atoms with E-state index < -0.39 is 23.8 Å². The van der Waals surface area contributed by atoms with Crippen LogP contribution in [0.2, 0.25) is 0 Å². The Morgan fingerprint density at radius 3 is 0.583 bits per heavy atom. The summed E-state index contributed by atoms with van der Waals surface area (Å²) >= 11 is 0. The molecule has 0 N–H and O–H groups in total. The first-order chi connectivity index (χ1) is 28.3. The van der Waals surface area contributed by atoms with Gasteiger partial charge in [-0.05, 0) is 112 Å². The van der Waals surface area contributed by atoms with E-state index in [0.717, 1.165) is 0 Å². The van der Waals surface area contributed by atoms with Gasteiger partial charge in [-0.15, -0.1) is 0 Å². The Balaban J connectivity index is 0.000000230. The molecule has 1 nitrogen and oxygen atoms in total. The summed E-state index contributed by atoms with van der Waals surface area (Å²) in [4.78, 5) is 0. The number of hydrogen-bond donors (Lipinski definition) is 0. The van der Waals surface area contributed by atoms with Gasteiger partial charge >= 0.3 is 37.5 Å². The van der Waals surface area contributed by atoms with Crippen LogP contribution >= 0.6 is 23.8 Å². The Labute approximate surface area is 397 Å². The van der Waals surface area contributed by atoms with Gasteiger partial charge in [0.05, 0.1) is 0 Å². The van der Waals surface area contributed by atoms with Crippen LogP contribution in [0.15, 0.2) is 212 Å². The summed E-state index contributed by atoms with van der Waals surface area (Å²) in [7, 11) is -1.26. The van der Waals surface area contributed by atoms with E-state index >= 15 is 0 Å². The van der Waals surface area contributed by atoms with Crippen LogP contribution in [-0.4, -0.2) is 0 Å². The molecular weight excluding hydrogens is 952 g/mol. The third-order valence-corrected chi connectivity index (χ3v) is 16.2. The zero-order chi connectivity index (χ0) is 39.3. The van der Waals surface area contributed by atoms with E-state index in [4.69, 9.17) is 4.65 Å². The van der Waals surface area contributed by atoms with E-state index in [0.29, 0.717) is 0 Å². The van der Waals surface area contributed by atoms with Crippen LogP contribution < -0.4 is 37.1 Å². The van der Waals surface area contributed by atoms with Crippen molar-refractivity contribution in [3.05, 3.63) is 289 Å². The van der Waals surface area contributed by atoms with Crippen molar-refractivity contribution < 1.29 is 50.3 Å². The van der Waals surface area contributed by atoms with Crippen molar-refractivity contribution in [2.45, 2.75) is 0 Å². The number of benzene rings is 7. The largest absolute Gasteiger partial charge is 3.00 e. The van der Waals surface area contributed by atoms with Gasteiger partial charge in [0.25, 0.3) is 0 Å². The Morgan fingerprint density at radius 2 is 0.417 bits per heavy atom. The Morgan fingerprint density at radius 1 is 0.267 bits per heavy atom. The monoisotopic (exact) mass is 996 g/mol. The molecule has 9 rings (SSSR count). The zero-order valence-electron chi connectivity index (χ0n) is 33.4. The summed E-state index contributed by atoms with van der Waals surface area (Å²) in [6.07, 6.45) is 17.4. The van der Waals surface area contributed by atoms with Crippen molar-refractivity contribution >= 4 is 60.9 Å². The van der Waals surface area contributed by atoms with E-state index in [1.807, 2.05) is 0 Å². The molecule has 0 atom stereocenters. The van der Waals surface area contributed by atoms with Gasteiger partial charge in [-0.3, -0.25) is 0 Å². The van der Waals surface area contributed by atoms with Crippen molar-refractivity contribution in [3.63, 3.8) is 0 Å². The molecule has 12 radical (unpaired) electrons. The van der Waals surface area contributed by atoms with Crippen molar-refractivity contribution in [3.8, 4) is 0 Å². The Hall–Kier alpha value is -2.92. The van der Waals surface area contributed by atoms with Crippen LogP contribution in [0.5, 0.6) is 0 Å². The van der Waals surface area contributed by atoms with Crippen molar-refractivity contribution in [2.24, 2.45) is 0 Å². The first-order valence-corrected chi connectivity index (χ1v) is 22.8. The molecule has 294 valence electrons. The summed E-state index contributed by atoms with van der Waals surface area (Å²) < 4.78 is 7.50. The van der Waals surface area contributed by atoms with Gasteiger partial charge in [-0.2, -0.15) is 0 Å². The molecule has 0 saturated heterocycles. The topological polar surface area (TPSA) is 19.9 Å². The van der Waals surface area contributed by atoms with E-state index in [1.54, 1.807) is 0 Å². The maximum absolute atomic E-state index is 7.50. The van der Waals surface area contributed by atoms with Gasteiger partial charge in [-0.1, -0.05) is 212 Å². The third-order valence-electron chi connectivity index (χ3n) is 8.91. The molecule has 0 unspecified atom stereocenters. The summed E-state index contributed by atoms with van der Waals surface area (Å²) in [5, 5.41) is 9.82. The minimum absolute atomic E-state index is 0. The first-order valence-electron chi connectivity index (χ1n) is 18.7. The molecule has 6 heteroatoms. The Kier molecular flexibility index (Phi) is 25.2. The molecule has 7 aromatic carbocycles. The zero-order valence-corrected chi connectivity index (χ0v) is 40.2. The summed E-state index contributed by atoms with van der Waals surface area (Å²) in [5.74, 6) is 0. The molecule has 0 heterocycles. The summed E-state index contributed by atoms with van der Waals surface area (Å²) in [6, 6.07) is 75.4. The van der Waals surface area contributed by atoms with E-state index in [9.17, 15) is 0 Å². The second kappa shape index (κ2) is 29.4. The average molecular weight is 998 g/mol. The molecule has 7 aromatic rings. The molecule has 0 aromatic heterocycles. The average Bonchev–Trinajstić information content (AvgIpc) is 4.04. The predicted octanol–water partition coefficient (Wildman–Crippen LogP) is 10.8. The van der Waals surface area contributed by atoms with Gasteiger partial charge in [0, 0.05) is 30.8 Å². The van der Waals surface area contributed by atoms with Gasteiger partial charge in [-0.25, -0.2) is 0 Å². The van der Waals surface area contributed by atoms with E-state index in [2.05, 4.69) is 270 Å². The first kappa shape index (κ1) is 51.4. The van der Waals surface area contributed by atoms with Crippen LogP contribution in [0.3, 0.4) is 0 Å². The summed E-state index contributed by atoms with van der Waals surface area (Å²) in [5.41, 5.74) is 2.84. The van der Waals surface area contributed by atoms with Gasteiger partial charge in [0.15, 0.2) is 0 Å². The van der Waals surface area contributed by atoms with Crippen molar-refractivity contribution in [1.82, 2.24) is 0 Å². The maximum atomic E-state index is 7.50. The fourth-order valence-corrected chi connectivity index (χ4v) is 13.3. The minimum Gasteiger partial charge on any atom is -0.358 e. The molecule has 0 amide bonds. The van der Waals surface area contributed by atoms with Gasteiger partial charge in [0.2, 0.25) is 0 Å². The molecule has 0 aliphatic heterocycles. The number of rotatable bonds is 9. The third kappa shape index (κ3) is 15.2. The fourth-order valence-electron chi connectivity index (χ4n) is 6.41. The number of hydrogen-bond acceptors (Lipinski definition) is 0. The minimum atomic E-state index is -0.446. The molecule has 2 aliphatic carbocycles. The Bertz CT molecular complexity index is 1850.